The van der Waals surface area contributed by atoms with E-state index < -0.39 is 5.82 Å². The fourth-order valence-corrected chi connectivity index (χ4v) is 1.51. The molecule has 2 aromatic rings. The molecule has 4 nitrogen and oxygen atoms in total. The van der Waals surface area contributed by atoms with Crippen LogP contribution in [0.3, 0.4) is 0 Å². The number of aromatic nitrogens is 2. The van der Waals surface area contributed by atoms with Crippen molar-refractivity contribution in [2.75, 3.05) is 6.61 Å². The molecule has 5 heteroatoms. The van der Waals surface area contributed by atoms with E-state index in [1.165, 1.54) is 6.07 Å². The number of hydrogen-bond acceptors (Lipinski definition) is 4. The highest BCUT2D eigenvalue weighted by atomic mass is 19.1. The van der Waals surface area contributed by atoms with Gasteiger partial charge in [-0.3, -0.25) is 4.98 Å². The molecule has 0 saturated heterocycles. The Bertz CT molecular complexity index is 506. The van der Waals surface area contributed by atoms with Crippen LogP contribution in [0.1, 0.15) is 11.3 Å². The maximum atomic E-state index is 12.9. The number of pyridine rings is 2. The first-order valence-electron chi connectivity index (χ1n) is 5.57. The average Bonchev–Trinajstić information content (AvgIpc) is 2.41. The minimum atomic E-state index is -0.490. The first-order valence-corrected chi connectivity index (χ1v) is 5.57. The summed E-state index contributed by atoms with van der Waals surface area (Å²) in [5.41, 5.74) is 1.25. The molecule has 0 aliphatic rings. The van der Waals surface area contributed by atoms with Gasteiger partial charge in [-0.05, 0) is 18.2 Å². The van der Waals surface area contributed by atoms with Gasteiger partial charge >= 0.3 is 0 Å². The average molecular weight is 248 g/mol. The van der Waals surface area contributed by atoms with Crippen molar-refractivity contribution in [1.29, 1.82) is 0 Å². The van der Waals surface area contributed by atoms with E-state index in [-0.39, 0.29) is 12.5 Å². The summed E-state index contributed by atoms with van der Waals surface area (Å²) < 4.78 is 18.3. The summed E-state index contributed by atoms with van der Waals surface area (Å²) in [7, 11) is 0. The van der Waals surface area contributed by atoms with Crippen molar-refractivity contribution < 1.29 is 14.2 Å². The van der Waals surface area contributed by atoms with Crippen LogP contribution in [-0.4, -0.2) is 21.7 Å². The lowest BCUT2D eigenvalue weighted by Crippen LogP contribution is -2.06. The summed E-state index contributed by atoms with van der Waals surface area (Å²) in [5, 5.41) is 9.06. The first kappa shape index (κ1) is 12.4. The van der Waals surface area contributed by atoms with E-state index in [0.717, 1.165) is 11.9 Å². The molecule has 0 spiro atoms. The van der Waals surface area contributed by atoms with Crippen molar-refractivity contribution >= 4 is 0 Å². The molecule has 0 fully saturated rings. The number of aliphatic hydroxyl groups excluding tert-OH is 1. The van der Waals surface area contributed by atoms with E-state index in [4.69, 9.17) is 9.84 Å². The van der Waals surface area contributed by atoms with Crippen LogP contribution >= 0.6 is 0 Å². The Morgan fingerprint density at radius 2 is 2.17 bits per heavy atom. The third-order valence-corrected chi connectivity index (χ3v) is 2.39. The van der Waals surface area contributed by atoms with Crippen LogP contribution in [0.4, 0.5) is 4.39 Å². The molecule has 1 N–H and O–H groups in total. The Balaban J connectivity index is 1.94. The number of ether oxygens (including phenoxy) is 1. The molecule has 2 aromatic heterocycles. The predicted molar refractivity (Wildman–Crippen MR) is 63.6 cm³/mol. The van der Waals surface area contributed by atoms with E-state index in [1.54, 1.807) is 6.20 Å². The van der Waals surface area contributed by atoms with Gasteiger partial charge in [0.15, 0.2) is 0 Å². The van der Waals surface area contributed by atoms with E-state index >= 15 is 0 Å². The lowest BCUT2D eigenvalue weighted by Gasteiger charge is -2.08. The van der Waals surface area contributed by atoms with Gasteiger partial charge in [0, 0.05) is 23.9 Å². The van der Waals surface area contributed by atoms with Crippen molar-refractivity contribution in [2.45, 2.75) is 13.0 Å². The molecule has 0 aliphatic carbocycles. The molecule has 0 saturated carbocycles. The number of hydrogen-bond donors (Lipinski definition) is 1. The smallest absolute Gasteiger partial charge is 0.219 e. The van der Waals surface area contributed by atoms with E-state index in [9.17, 15) is 4.39 Å². The van der Waals surface area contributed by atoms with Crippen LogP contribution in [0.15, 0.2) is 36.7 Å². The molecule has 0 unspecified atom stereocenters. The summed E-state index contributed by atoms with van der Waals surface area (Å²) in [4.78, 5) is 7.96. The van der Waals surface area contributed by atoms with E-state index in [1.807, 2.05) is 18.2 Å². The number of rotatable bonds is 5. The molecular formula is C13H13FN2O2. The predicted octanol–water partition coefficient (Wildman–Crippen LogP) is 1.73. The maximum Gasteiger partial charge on any atom is 0.219 e. The molecule has 2 rings (SSSR count). The first-order chi connectivity index (χ1) is 8.79. The monoisotopic (exact) mass is 248 g/mol. The second-order valence-electron chi connectivity index (χ2n) is 3.70. The lowest BCUT2D eigenvalue weighted by atomic mass is 10.2. The minimum Gasteiger partial charge on any atom is -0.477 e. The van der Waals surface area contributed by atoms with Crippen LogP contribution in [0.5, 0.6) is 5.88 Å². The van der Waals surface area contributed by atoms with Crippen LogP contribution < -0.4 is 4.74 Å². The largest absolute Gasteiger partial charge is 0.477 e. The van der Waals surface area contributed by atoms with Gasteiger partial charge in [0.25, 0.3) is 0 Å². The van der Waals surface area contributed by atoms with Gasteiger partial charge in [0.05, 0.1) is 19.4 Å². The third kappa shape index (κ3) is 3.24. The van der Waals surface area contributed by atoms with Crippen molar-refractivity contribution in [3.63, 3.8) is 0 Å². The second-order valence-corrected chi connectivity index (χ2v) is 3.70. The maximum absolute atomic E-state index is 12.9. The van der Waals surface area contributed by atoms with Crippen LogP contribution in [0, 0.1) is 5.82 Å². The Morgan fingerprint density at radius 3 is 2.89 bits per heavy atom. The zero-order valence-electron chi connectivity index (χ0n) is 9.71. The highest BCUT2D eigenvalue weighted by molar-refractivity contribution is 5.25. The molecule has 18 heavy (non-hydrogen) atoms. The summed E-state index contributed by atoms with van der Waals surface area (Å²) in [6, 6.07) is 6.85. The fourth-order valence-electron chi connectivity index (χ4n) is 1.51. The van der Waals surface area contributed by atoms with Crippen molar-refractivity contribution in [1.82, 2.24) is 9.97 Å². The summed E-state index contributed by atoms with van der Waals surface area (Å²) in [5.74, 6) is -0.231. The van der Waals surface area contributed by atoms with Gasteiger partial charge < -0.3 is 9.84 Å². The summed E-state index contributed by atoms with van der Waals surface area (Å²) in [6.07, 6.45) is 3.41. The molecular weight excluding hydrogens is 235 g/mol. The lowest BCUT2D eigenvalue weighted by molar-refractivity contribution is 0.257. The van der Waals surface area contributed by atoms with Gasteiger partial charge in [-0.15, -0.1) is 0 Å². The number of aliphatic hydroxyl groups is 1. The topological polar surface area (TPSA) is 55.2 Å². The summed E-state index contributed by atoms with van der Waals surface area (Å²) >= 11 is 0. The van der Waals surface area contributed by atoms with E-state index in [2.05, 4.69) is 9.97 Å². The SMILES string of the molecule is OCc1cc(F)cnc1OCCc1ccccn1. The Kier molecular flexibility index (Phi) is 4.20. The van der Waals surface area contributed by atoms with Crippen molar-refractivity contribution in [3.05, 3.63) is 53.7 Å². The molecule has 0 radical (unpaired) electrons. The number of nitrogens with zero attached hydrogens (tertiary/aromatic N) is 2. The second kappa shape index (κ2) is 6.07. The zero-order chi connectivity index (χ0) is 12.8. The summed E-state index contributed by atoms with van der Waals surface area (Å²) in [6.45, 7) is 0.0757. The van der Waals surface area contributed by atoms with E-state index in [0.29, 0.717) is 18.6 Å². The highest BCUT2D eigenvalue weighted by Gasteiger charge is 2.06. The van der Waals surface area contributed by atoms with Gasteiger partial charge in [-0.25, -0.2) is 9.37 Å². The Labute approximate surface area is 104 Å². The standard InChI is InChI=1S/C13H13FN2O2/c14-11-7-10(9-17)13(16-8-11)18-6-4-12-3-1-2-5-15-12/h1-3,5,7-8,17H,4,6,9H2. The van der Waals surface area contributed by atoms with Gasteiger partial charge in [-0.1, -0.05) is 6.07 Å². The molecule has 0 amide bonds. The zero-order valence-corrected chi connectivity index (χ0v) is 9.71. The normalized spacial score (nSPS) is 10.3. The fraction of sp³-hybridized carbons (Fsp3) is 0.231. The molecule has 2 heterocycles. The van der Waals surface area contributed by atoms with Gasteiger partial charge in [-0.2, -0.15) is 0 Å². The molecule has 94 valence electrons. The molecule has 0 bridgehead atoms. The van der Waals surface area contributed by atoms with Gasteiger partial charge in [0.2, 0.25) is 5.88 Å². The Hall–Kier alpha value is -2.01. The number of halogens is 1. The quantitative estimate of drug-likeness (QED) is 0.875. The molecule has 0 aliphatic heterocycles. The highest BCUT2D eigenvalue weighted by Crippen LogP contribution is 2.16. The minimum absolute atomic E-state index is 0.259. The van der Waals surface area contributed by atoms with Crippen molar-refractivity contribution in [3.8, 4) is 5.88 Å². The van der Waals surface area contributed by atoms with Crippen LogP contribution in [0.2, 0.25) is 0 Å². The molecule has 0 aromatic carbocycles. The van der Waals surface area contributed by atoms with Crippen molar-refractivity contribution in [2.24, 2.45) is 0 Å². The Morgan fingerprint density at radius 1 is 1.28 bits per heavy atom. The van der Waals surface area contributed by atoms with Crippen LogP contribution in [0.25, 0.3) is 0 Å². The van der Waals surface area contributed by atoms with Gasteiger partial charge in [0.1, 0.15) is 5.82 Å². The third-order valence-electron chi connectivity index (χ3n) is 2.39. The molecule has 0 atom stereocenters. The van der Waals surface area contributed by atoms with Crippen LogP contribution in [-0.2, 0) is 13.0 Å².